The maximum absolute atomic E-state index is 12.1. The molecule has 0 heterocycles. The highest BCUT2D eigenvalue weighted by molar-refractivity contribution is 5.94. The monoisotopic (exact) mass is 231 g/mol. The minimum absolute atomic E-state index is 0.0763. The van der Waals surface area contributed by atoms with Gasteiger partial charge in [-0.2, -0.15) is 0 Å². The van der Waals surface area contributed by atoms with E-state index in [4.69, 9.17) is 0 Å². The van der Waals surface area contributed by atoms with E-state index in [2.05, 4.69) is 12.2 Å². The molecule has 1 N–H and O–H groups in total. The third kappa shape index (κ3) is 3.09. The van der Waals surface area contributed by atoms with Crippen molar-refractivity contribution in [2.24, 2.45) is 5.92 Å². The number of hydrogen-bond donors (Lipinski definition) is 1. The third-order valence-electron chi connectivity index (χ3n) is 3.71. The normalized spacial score (nSPS) is 24.4. The smallest absolute Gasteiger partial charge is 0.251 e. The van der Waals surface area contributed by atoms with Crippen molar-refractivity contribution in [1.29, 1.82) is 0 Å². The number of aryl methyl sites for hydroxylation is 1. The Morgan fingerprint density at radius 1 is 1.29 bits per heavy atom. The van der Waals surface area contributed by atoms with Gasteiger partial charge in [-0.25, -0.2) is 0 Å². The van der Waals surface area contributed by atoms with Crippen LogP contribution in [-0.2, 0) is 0 Å². The second-order valence-corrected chi connectivity index (χ2v) is 5.21. The van der Waals surface area contributed by atoms with Crippen molar-refractivity contribution in [1.82, 2.24) is 5.32 Å². The van der Waals surface area contributed by atoms with E-state index < -0.39 is 0 Å². The fourth-order valence-electron chi connectivity index (χ4n) is 2.57. The molecule has 1 aliphatic carbocycles. The van der Waals surface area contributed by atoms with Crippen LogP contribution in [0.15, 0.2) is 24.3 Å². The van der Waals surface area contributed by atoms with E-state index in [1.165, 1.54) is 19.3 Å². The van der Waals surface area contributed by atoms with Crippen molar-refractivity contribution < 1.29 is 4.79 Å². The molecule has 0 spiro atoms. The number of carbonyl (C=O) groups is 1. The van der Waals surface area contributed by atoms with Gasteiger partial charge in [-0.3, -0.25) is 4.79 Å². The topological polar surface area (TPSA) is 29.1 Å². The molecule has 1 saturated carbocycles. The van der Waals surface area contributed by atoms with Gasteiger partial charge in [-0.1, -0.05) is 37.5 Å². The first kappa shape index (κ1) is 12.2. The minimum atomic E-state index is 0.0763. The molecule has 1 amide bonds. The van der Waals surface area contributed by atoms with Gasteiger partial charge >= 0.3 is 0 Å². The lowest BCUT2D eigenvalue weighted by Crippen LogP contribution is -2.41. The van der Waals surface area contributed by atoms with Crippen molar-refractivity contribution in [2.45, 2.75) is 45.6 Å². The number of nitrogens with one attached hydrogen (secondary N) is 1. The van der Waals surface area contributed by atoms with Gasteiger partial charge in [0, 0.05) is 11.6 Å². The Morgan fingerprint density at radius 2 is 2.06 bits per heavy atom. The van der Waals surface area contributed by atoms with E-state index in [0.717, 1.165) is 17.5 Å². The maximum Gasteiger partial charge on any atom is 0.251 e. The van der Waals surface area contributed by atoms with E-state index in [0.29, 0.717) is 12.0 Å². The molecule has 1 aliphatic rings. The van der Waals surface area contributed by atoms with Gasteiger partial charge in [0.05, 0.1) is 0 Å². The van der Waals surface area contributed by atoms with Crippen LogP contribution in [-0.4, -0.2) is 11.9 Å². The summed E-state index contributed by atoms with van der Waals surface area (Å²) in [6.07, 6.45) is 4.90. The molecule has 0 unspecified atom stereocenters. The summed E-state index contributed by atoms with van der Waals surface area (Å²) in [6.45, 7) is 4.25. The summed E-state index contributed by atoms with van der Waals surface area (Å²) in [6, 6.07) is 8.14. The van der Waals surface area contributed by atoms with Crippen LogP contribution in [0.4, 0.5) is 0 Å². The minimum Gasteiger partial charge on any atom is -0.349 e. The average molecular weight is 231 g/mol. The second kappa shape index (κ2) is 5.35. The van der Waals surface area contributed by atoms with Gasteiger partial charge in [-0.15, -0.1) is 0 Å². The molecule has 1 aromatic rings. The summed E-state index contributed by atoms with van der Waals surface area (Å²) in [5.41, 5.74) is 1.91. The van der Waals surface area contributed by atoms with Crippen LogP contribution in [0.3, 0.4) is 0 Å². The highest BCUT2D eigenvalue weighted by Gasteiger charge is 2.23. The first-order valence-corrected chi connectivity index (χ1v) is 6.54. The largest absolute Gasteiger partial charge is 0.349 e. The molecule has 2 rings (SSSR count). The molecular formula is C15H21NO. The molecule has 17 heavy (non-hydrogen) atoms. The fraction of sp³-hybridized carbons (Fsp3) is 0.533. The summed E-state index contributed by atoms with van der Waals surface area (Å²) < 4.78 is 0. The standard InChI is InChI=1S/C15H21NO/c1-11-6-5-8-13(10-11)15(17)16-14-9-4-3-7-12(14)2/h5-6,8,10,12,14H,3-4,7,9H2,1-2H3,(H,16,17)/t12-,14+/m1/s1. The van der Waals surface area contributed by atoms with Gasteiger partial charge in [0.15, 0.2) is 0 Å². The van der Waals surface area contributed by atoms with Gasteiger partial charge in [0.1, 0.15) is 0 Å². The molecule has 92 valence electrons. The van der Waals surface area contributed by atoms with E-state index in [1.807, 2.05) is 31.2 Å². The van der Waals surface area contributed by atoms with Gasteiger partial charge in [0.25, 0.3) is 5.91 Å². The number of benzene rings is 1. The fourth-order valence-corrected chi connectivity index (χ4v) is 2.57. The molecule has 1 aromatic carbocycles. The zero-order valence-corrected chi connectivity index (χ0v) is 10.7. The van der Waals surface area contributed by atoms with Crippen LogP contribution in [0, 0.1) is 12.8 Å². The molecule has 0 aliphatic heterocycles. The number of hydrogen-bond acceptors (Lipinski definition) is 1. The van der Waals surface area contributed by atoms with E-state index in [1.54, 1.807) is 0 Å². The number of amides is 1. The van der Waals surface area contributed by atoms with Crippen LogP contribution in [0.2, 0.25) is 0 Å². The molecule has 1 fully saturated rings. The molecule has 0 radical (unpaired) electrons. The predicted molar refractivity (Wildman–Crippen MR) is 70.1 cm³/mol. The van der Waals surface area contributed by atoms with Crippen LogP contribution in [0.25, 0.3) is 0 Å². The Balaban J connectivity index is 2.01. The second-order valence-electron chi connectivity index (χ2n) is 5.21. The predicted octanol–water partition coefficient (Wildman–Crippen LogP) is 3.30. The Bertz CT molecular complexity index is 400. The summed E-state index contributed by atoms with van der Waals surface area (Å²) >= 11 is 0. The van der Waals surface area contributed by atoms with Crippen LogP contribution < -0.4 is 5.32 Å². The number of rotatable bonds is 2. The Morgan fingerprint density at radius 3 is 2.76 bits per heavy atom. The lowest BCUT2D eigenvalue weighted by atomic mass is 9.86. The first-order chi connectivity index (χ1) is 8.16. The SMILES string of the molecule is Cc1cccc(C(=O)N[C@H]2CCCC[C@H]2C)c1. The highest BCUT2D eigenvalue weighted by Crippen LogP contribution is 2.24. The Labute approximate surface area is 103 Å². The molecule has 2 heteroatoms. The summed E-state index contributed by atoms with van der Waals surface area (Å²) in [7, 11) is 0. The molecule has 0 aromatic heterocycles. The van der Waals surface area contributed by atoms with Crippen LogP contribution in [0.1, 0.15) is 48.5 Å². The van der Waals surface area contributed by atoms with Crippen molar-refractivity contribution in [3.8, 4) is 0 Å². The lowest BCUT2D eigenvalue weighted by Gasteiger charge is -2.29. The van der Waals surface area contributed by atoms with Crippen molar-refractivity contribution in [3.05, 3.63) is 35.4 Å². The maximum atomic E-state index is 12.1. The molecule has 2 nitrogen and oxygen atoms in total. The van der Waals surface area contributed by atoms with Gasteiger partial charge in [0.2, 0.25) is 0 Å². The Kier molecular flexibility index (Phi) is 3.82. The van der Waals surface area contributed by atoms with Crippen molar-refractivity contribution >= 4 is 5.91 Å². The third-order valence-corrected chi connectivity index (χ3v) is 3.71. The van der Waals surface area contributed by atoms with E-state index in [9.17, 15) is 4.79 Å². The van der Waals surface area contributed by atoms with Gasteiger partial charge < -0.3 is 5.32 Å². The quantitative estimate of drug-likeness (QED) is 0.831. The summed E-state index contributed by atoms with van der Waals surface area (Å²) in [5.74, 6) is 0.685. The van der Waals surface area contributed by atoms with Crippen LogP contribution >= 0.6 is 0 Å². The molecule has 0 bridgehead atoms. The molecule has 0 saturated heterocycles. The average Bonchev–Trinajstić information content (AvgIpc) is 2.32. The summed E-state index contributed by atoms with van der Waals surface area (Å²) in [5, 5.41) is 3.17. The van der Waals surface area contributed by atoms with Gasteiger partial charge in [-0.05, 0) is 37.8 Å². The zero-order valence-electron chi connectivity index (χ0n) is 10.7. The zero-order chi connectivity index (χ0) is 12.3. The highest BCUT2D eigenvalue weighted by atomic mass is 16.1. The molecular weight excluding hydrogens is 210 g/mol. The lowest BCUT2D eigenvalue weighted by molar-refractivity contribution is 0.0910. The Hall–Kier alpha value is -1.31. The van der Waals surface area contributed by atoms with Crippen LogP contribution in [0.5, 0.6) is 0 Å². The molecule has 2 atom stereocenters. The van der Waals surface area contributed by atoms with Crippen molar-refractivity contribution in [2.75, 3.05) is 0 Å². The summed E-state index contributed by atoms with van der Waals surface area (Å²) in [4.78, 5) is 12.1. The van der Waals surface area contributed by atoms with E-state index in [-0.39, 0.29) is 5.91 Å². The van der Waals surface area contributed by atoms with E-state index >= 15 is 0 Å². The van der Waals surface area contributed by atoms with Crippen molar-refractivity contribution in [3.63, 3.8) is 0 Å². The number of carbonyl (C=O) groups excluding carboxylic acids is 1. The first-order valence-electron chi connectivity index (χ1n) is 6.54.